The first-order valence-electron chi connectivity index (χ1n) is 5.34. The van der Waals surface area contributed by atoms with Crippen molar-refractivity contribution < 1.29 is 9.18 Å². The molecular formula is C12H10BrClFN3O. The van der Waals surface area contributed by atoms with E-state index in [1.54, 1.807) is 18.7 Å². The van der Waals surface area contributed by atoms with Gasteiger partial charge in [-0.05, 0) is 35.0 Å². The van der Waals surface area contributed by atoms with Gasteiger partial charge in [0, 0.05) is 17.2 Å². The van der Waals surface area contributed by atoms with E-state index in [0.717, 1.165) is 11.8 Å². The molecule has 1 aromatic heterocycles. The molecule has 1 amide bonds. The van der Waals surface area contributed by atoms with E-state index in [-0.39, 0.29) is 10.9 Å². The van der Waals surface area contributed by atoms with Crippen molar-refractivity contribution >= 4 is 39.1 Å². The number of rotatable bonds is 2. The number of amides is 1. The standard InChI is InChI=1S/C12H10BrClFN3O/c1-6-8(5-16-18(6)2)12(19)17-11-9(13)3-7(15)4-10(11)14/h3-5H,1-2H3,(H,17,19). The summed E-state index contributed by atoms with van der Waals surface area (Å²) in [6.07, 6.45) is 1.47. The molecule has 1 heterocycles. The molecule has 100 valence electrons. The van der Waals surface area contributed by atoms with Gasteiger partial charge in [-0.3, -0.25) is 9.48 Å². The molecule has 0 aliphatic heterocycles. The highest BCUT2D eigenvalue weighted by Crippen LogP contribution is 2.32. The Bertz CT molecular complexity index is 633. The third-order valence-electron chi connectivity index (χ3n) is 2.73. The Morgan fingerprint density at radius 3 is 2.74 bits per heavy atom. The second-order valence-corrected chi connectivity index (χ2v) is 5.23. The number of carbonyl (C=O) groups excluding carboxylic acids is 1. The predicted octanol–water partition coefficient (Wildman–Crippen LogP) is 3.54. The van der Waals surface area contributed by atoms with E-state index < -0.39 is 5.82 Å². The van der Waals surface area contributed by atoms with E-state index in [0.29, 0.717) is 15.7 Å². The maximum Gasteiger partial charge on any atom is 0.259 e. The minimum atomic E-state index is -0.479. The van der Waals surface area contributed by atoms with Crippen LogP contribution in [0.4, 0.5) is 10.1 Å². The van der Waals surface area contributed by atoms with Crippen molar-refractivity contribution in [2.45, 2.75) is 6.92 Å². The van der Waals surface area contributed by atoms with Gasteiger partial charge in [-0.25, -0.2) is 4.39 Å². The second kappa shape index (κ2) is 5.30. The molecule has 7 heteroatoms. The van der Waals surface area contributed by atoms with E-state index in [1.807, 2.05) is 0 Å². The molecular weight excluding hydrogens is 337 g/mol. The van der Waals surface area contributed by atoms with E-state index >= 15 is 0 Å². The molecule has 0 bridgehead atoms. The molecule has 0 unspecified atom stereocenters. The minimum absolute atomic E-state index is 0.127. The Labute approximate surface area is 122 Å². The average Bonchev–Trinajstić information content (AvgIpc) is 2.64. The molecule has 0 spiro atoms. The van der Waals surface area contributed by atoms with Crippen molar-refractivity contribution in [1.82, 2.24) is 9.78 Å². The van der Waals surface area contributed by atoms with Gasteiger partial charge in [-0.15, -0.1) is 0 Å². The van der Waals surface area contributed by atoms with Gasteiger partial charge in [0.1, 0.15) is 5.82 Å². The highest BCUT2D eigenvalue weighted by molar-refractivity contribution is 9.10. The monoisotopic (exact) mass is 345 g/mol. The molecule has 19 heavy (non-hydrogen) atoms. The third kappa shape index (κ3) is 2.79. The van der Waals surface area contributed by atoms with Crippen molar-refractivity contribution in [3.8, 4) is 0 Å². The fourth-order valence-corrected chi connectivity index (χ4v) is 2.46. The summed E-state index contributed by atoms with van der Waals surface area (Å²) in [6.45, 7) is 1.78. The zero-order chi connectivity index (χ0) is 14.2. The van der Waals surface area contributed by atoms with Crippen molar-refractivity contribution in [2.75, 3.05) is 5.32 Å². The normalized spacial score (nSPS) is 10.6. The highest BCUT2D eigenvalue weighted by Gasteiger charge is 2.16. The molecule has 0 saturated carbocycles. The molecule has 2 aromatic rings. The Hall–Kier alpha value is -1.40. The van der Waals surface area contributed by atoms with Crippen molar-refractivity contribution in [3.63, 3.8) is 0 Å². The number of hydrogen-bond donors (Lipinski definition) is 1. The fourth-order valence-electron chi connectivity index (χ4n) is 1.56. The van der Waals surface area contributed by atoms with Crippen LogP contribution in [0.5, 0.6) is 0 Å². The van der Waals surface area contributed by atoms with E-state index in [1.165, 1.54) is 12.3 Å². The van der Waals surface area contributed by atoms with Gasteiger partial charge < -0.3 is 5.32 Å². The van der Waals surface area contributed by atoms with Gasteiger partial charge in [0.05, 0.1) is 22.5 Å². The SMILES string of the molecule is Cc1c(C(=O)Nc2c(Cl)cc(F)cc2Br)cnn1C. The summed E-state index contributed by atoms with van der Waals surface area (Å²) in [4.78, 5) is 12.1. The van der Waals surface area contributed by atoms with Crippen LogP contribution in [-0.4, -0.2) is 15.7 Å². The van der Waals surface area contributed by atoms with Crippen LogP contribution < -0.4 is 5.32 Å². The lowest BCUT2D eigenvalue weighted by Gasteiger charge is -2.09. The number of anilines is 1. The largest absolute Gasteiger partial charge is 0.320 e. The van der Waals surface area contributed by atoms with Crippen molar-refractivity contribution in [1.29, 1.82) is 0 Å². The molecule has 0 saturated heterocycles. The van der Waals surface area contributed by atoms with Crippen LogP contribution in [0, 0.1) is 12.7 Å². The van der Waals surface area contributed by atoms with Crippen LogP contribution >= 0.6 is 27.5 Å². The smallest absolute Gasteiger partial charge is 0.259 e. The average molecular weight is 347 g/mol. The highest BCUT2D eigenvalue weighted by atomic mass is 79.9. The van der Waals surface area contributed by atoms with Crippen LogP contribution in [0.3, 0.4) is 0 Å². The number of halogens is 3. The first-order valence-corrected chi connectivity index (χ1v) is 6.51. The Kier molecular flexibility index (Phi) is 3.91. The molecule has 0 aliphatic carbocycles. The molecule has 2 rings (SSSR count). The molecule has 1 N–H and O–H groups in total. The van der Waals surface area contributed by atoms with E-state index in [9.17, 15) is 9.18 Å². The maximum absolute atomic E-state index is 13.1. The van der Waals surface area contributed by atoms with Crippen LogP contribution in [0.25, 0.3) is 0 Å². The van der Waals surface area contributed by atoms with Crippen LogP contribution in [0.15, 0.2) is 22.8 Å². The number of carbonyl (C=O) groups is 1. The minimum Gasteiger partial charge on any atom is -0.320 e. The second-order valence-electron chi connectivity index (χ2n) is 3.97. The van der Waals surface area contributed by atoms with Gasteiger partial charge in [0.15, 0.2) is 0 Å². The maximum atomic E-state index is 13.1. The quantitative estimate of drug-likeness (QED) is 0.904. The van der Waals surface area contributed by atoms with E-state index in [4.69, 9.17) is 11.6 Å². The number of aryl methyl sites for hydroxylation is 1. The first-order chi connectivity index (χ1) is 8.90. The topological polar surface area (TPSA) is 46.9 Å². The van der Waals surface area contributed by atoms with Gasteiger partial charge in [-0.2, -0.15) is 5.10 Å². The van der Waals surface area contributed by atoms with Crippen LogP contribution in [0.2, 0.25) is 5.02 Å². The van der Waals surface area contributed by atoms with Crippen LogP contribution in [-0.2, 0) is 7.05 Å². The Morgan fingerprint density at radius 2 is 2.21 bits per heavy atom. The molecule has 4 nitrogen and oxygen atoms in total. The van der Waals surface area contributed by atoms with Crippen molar-refractivity contribution in [3.05, 3.63) is 44.9 Å². The lowest BCUT2D eigenvalue weighted by Crippen LogP contribution is -2.13. The molecule has 1 aromatic carbocycles. The predicted molar refractivity (Wildman–Crippen MR) is 75.0 cm³/mol. The summed E-state index contributed by atoms with van der Waals surface area (Å²) in [7, 11) is 1.74. The summed E-state index contributed by atoms with van der Waals surface area (Å²) in [5.74, 6) is -0.827. The van der Waals surface area contributed by atoms with Crippen LogP contribution in [0.1, 0.15) is 16.1 Å². The fraction of sp³-hybridized carbons (Fsp3) is 0.167. The number of benzene rings is 1. The number of aromatic nitrogens is 2. The molecule has 0 radical (unpaired) electrons. The lowest BCUT2D eigenvalue weighted by atomic mass is 10.2. The summed E-state index contributed by atoms with van der Waals surface area (Å²) in [6, 6.07) is 2.37. The molecule has 0 atom stereocenters. The summed E-state index contributed by atoms with van der Waals surface area (Å²) in [5.41, 5.74) is 1.50. The third-order valence-corrected chi connectivity index (χ3v) is 3.65. The van der Waals surface area contributed by atoms with Gasteiger partial charge in [-0.1, -0.05) is 11.6 Å². The Morgan fingerprint density at radius 1 is 1.53 bits per heavy atom. The number of nitrogens with zero attached hydrogens (tertiary/aromatic N) is 2. The zero-order valence-corrected chi connectivity index (χ0v) is 12.5. The van der Waals surface area contributed by atoms with Gasteiger partial charge >= 0.3 is 0 Å². The lowest BCUT2D eigenvalue weighted by molar-refractivity contribution is 0.102. The summed E-state index contributed by atoms with van der Waals surface area (Å²) >= 11 is 9.07. The summed E-state index contributed by atoms with van der Waals surface area (Å²) < 4.78 is 15.1. The number of hydrogen-bond acceptors (Lipinski definition) is 2. The van der Waals surface area contributed by atoms with Gasteiger partial charge in [0.2, 0.25) is 0 Å². The van der Waals surface area contributed by atoms with Gasteiger partial charge in [0.25, 0.3) is 5.91 Å². The number of nitrogens with one attached hydrogen (secondary N) is 1. The molecule has 0 fully saturated rings. The van der Waals surface area contributed by atoms with E-state index in [2.05, 4.69) is 26.3 Å². The van der Waals surface area contributed by atoms with Crippen molar-refractivity contribution in [2.24, 2.45) is 7.05 Å². The summed E-state index contributed by atoms with van der Waals surface area (Å²) in [5, 5.41) is 6.75. The first kappa shape index (κ1) is 14.0. The molecule has 0 aliphatic rings. The Balaban J connectivity index is 2.32. The zero-order valence-electron chi connectivity index (χ0n) is 10.2.